The first-order valence-corrected chi connectivity index (χ1v) is 19.1. The third-order valence-electron chi connectivity index (χ3n) is 8.81. The van der Waals surface area contributed by atoms with Crippen molar-refractivity contribution < 1.29 is 38.1 Å². The van der Waals surface area contributed by atoms with Crippen LogP contribution in [0.1, 0.15) is 120 Å². The number of hydrogen-bond acceptors (Lipinski definition) is 8. The summed E-state index contributed by atoms with van der Waals surface area (Å²) in [4.78, 5) is 57.1. The molecule has 5 rings (SSSR count). The summed E-state index contributed by atoms with van der Waals surface area (Å²) < 4.78 is 23.8. The number of hydrogen-bond donors (Lipinski definition) is 0. The summed E-state index contributed by atoms with van der Waals surface area (Å²) in [7, 11) is 0. The van der Waals surface area contributed by atoms with Gasteiger partial charge in [-0.1, -0.05) is 89.8 Å². The minimum Gasteiger partial charge on any atom is -0.462 e. The molecule has 264 valence electrons. The van der Waals surface area contributed by atoms with Crippen molar-refractivity contribution in [1.82, 2.24) is 0 Å². The van der Waals surface area contributed by atoms with Crippen LogP contribution in [0, 0.1) is 0 Å². The van der Waals surface area contributed by atoms with Crippen LogP contribution in [-0.4, -0.2) is 50.3 Å². The van der Waals surface area contributed by atoms with Gasteiger partial charge in [0, 0.05) is 30.5 Å². The van der Waals surface area contributed by atoms with Crippen molar-refractivity contribution in [2.24, 2.45) is 0 Å². The molecule has 0 aliphatic heterocycles. The van der Waals surface area contributed by atoms with Crippen molar-refractivity contribution in [1.29, 1.82) is 0 Å². The quantitative estimate of drug-likeness (QED) is 0.0319. The lowest BCUT2D eigenvalue weighted by atomic mass is 9.83. The van der Waals surface area contributed by atoms with E-state index in [1.807, 2.05) is 64.1 Å². The monoisotopic (exact) mass is 808 g/mol. The number of fused-ring (bicyclic) bond motifs is 2. The second-order valence-electron chi connectivity index (χ2n) is 12.3. The Kier molecular flexibility index (Phi) is 12.7. The zero-order chi connectivity index (χ0) is 35.9. The molecule has 0 atom stereocenters. The van der Waals surface area contributed by atoms with Gasteiger partial charge in [-0.15, -0.1) is 0 Å². The fraction of sp³-hybridized carbons (Fsp3) is 0.400. The summed E-state index contributed by atoms with van der Waals surface area (Å²) in [6, 6.07) is 11.7. The van der Waals surface area contributed by atoms with E-state index in [0.29, 0.717) is 50.8 Å². The summed E-state index contributed by atoms with van der Waals surface area (Å²) in [5, 5.41) is 5.14. The highest BCUT2D eigenvalue weighted by molar-refractivity contribution is 9.11. The molecule has 8 nitrogen and oxygen atoms in total. The fourth-order valence-corrected chi connectivity index (χ4v) is 7.81. The molecule has 0 amide bonds. The lowest BCUT2D eigenvalue weighted by molar-refractivity contribution is 0.0447. The van der Waals surface area contributed by atoms with Gasteiger partial charge in [-0.05, 0) is 79.1 Å². The molecule has 5 aromatic carbocycles. The Balaban J connectivity index is 2.07. The van der Waals surface area contributed by atoms with E-state index in [1.165, 1.54) is 0 Å². The summed E-state index contributed by atoms with van der Waals surface area (Å²) in [5.41, 5.74) is -0.498. The average Bonchev–Trinajstić information content (AvgIpc) is 3.10. The van der Waals surface area contributed by atoms with Crippen molar-refractivity contribution in [3.63, 3.8) is 0 Å². The van der Waals surface area contributed by atoms with Gasteiger partial charge in [0.2, 0.25) is 0 Å². The van der Waals surface area contributed by atoms with Crippen molar-refractivity contribution >= 4 is 98.8 Å². The molecule has 10 heteroatoms. The molecule has 0 saturated heterocycles. The standard InChI is InChI=1S/C40H42Br2O8/c1-5-9-19-47-37(43)31-30-29-27(35(41)33(31)39(45)49-21-11-7-3)24-17-13-15-23-16-14-18-25(26(23)24)28(29)36(42)34(40(46)50-22-12-8-4)32(30)38(44)48-20-10-6-2/h13-18H,5-12,19-22H2,1-4H3. The van der Waals surface area contributed by atoms with E-state index in [2.05, 4.69) is 31.9 Å². The number of esters is 4. The maximum Gasteiger partial charge on any atom is 0.340 e. The smallest absolute Gasteiger partial charge is 0.340 e. The van der Waals surface area contributed by atoms with Gasteiger partial charge < -0.3 is 18.9 Å². The first kappa shape index (κ1) is 37.5. The molecule has 0 N–H and O–H groups in total. The Morgan fingerprint density at radius 2 is 0.800 bits per heavy atom. The minimum absolute atomic E-state index is 0.0809. The van der Waals surface area contributed by atoms with Crippen LogP contribution in [0.25, 0.3) is 43.1 Å². The van der Waals surface area contributed by atoms with Gasteiger partial charge in [-0.3, -0.25) is 0 Å². The highest BCUT2D eigenvalue weighted by Gasteiger charge is 2.37. The molecule has 0 aliphatic rings. The van der Waals surface area contributed by atoms with E-state index in [9.17, 15) is 19.2 Å². The number of benzene rings is 5. The van der Waals surface area contributed by atoms with Crippen LogP contribution in [0.5, 0.6) is 0 Å². The minimum atomic E-state index is -0.814. The maximum absolute atomic E-state index is 14.4. The number of unbranched alkanes of at least 4 members (excludes halogenated alkanes) is 4. The van der Waals surface area contributed by atoms with Gasteiger partial charge in [0.1, 0.15) is 0 Å². The molecule has 0 bridgehead atoms. The summed E-state index contributed by atoms with van der Waals surface area (Å²) in [6.07, 6.45) is 5.53. The molecule has 0 spiro atoms. The van der Waals surface area contributed by atoms with Gasteiger partial charge in [-0.25, -0.2) is 19.2 Å². The van der Waals surface area contributed by atoms with E-state index in [4.69, 9.17) is 18.9 Å². The number of carbonyl (C=O) groups is 4. The SMILES string of the molecule is CCCCOC(=O)c1c(C(=O)OCCCC)c2c(C(=O)OCCCC)c(C(=O)OCCCC)c(Br)c3c4cccc5cccc(c(c1Br)c23)c54. The maximum atomic E-state index is 14.4. The molecular weight excluding hydrogens is 768 g/mol. The Morgan fingerprint density at radius 1 is 0.460 bits per heavy atom. The van der Waals surface area contributed by atoms with E-state index < -0.39 is 23.9 Å². The molecule has 0 radical (unpaired) electrons. The predicted molar refractivity (Wildman–Crippen MR) is 204 cm³/mol. The number of carbonyl (C=O) groups excluding carboxylic acids is 4. The van der Waals surface area contributed by atoms with Crippen molar-refractivity contribution in [3.8, 4) is 0 Å². The van der Waals surface area contributed by atoms with Crippen LogP contribution in [0.2, 0.25) is 0 Å². The van der Waals surface area contributed by atoms with Crippen molar-refractivity contribution in [3.05, 3.63) is 67.6 Å². The van der Waals surface area contributed by atoms with Crippen molar-refractivity contribution in [2.75, 3.05) is 26.4 Å². The molecule has 50 heavy (non-hydrogen) atoms. The first-order chi connectivity index (χ1) is 24.2. The average molecular weight is 811 g/mol. The highest BCUT2D eigenvalue weighted by atomic mass is 79.9. The van der Waals surface area contributed by atoms with E-state index >= 15 is 0 Å². The fourth-order valence-electron chi connectivity index (χ4n) is 6.27. The summed E-state index contributed by atoms with van der Waals surface area (Å²) in [6.45, 7) is 8.35. The zero-order valence-electron chi connectivity index (χ0n) is 29.0. The molecule has 5 aromatic rings. The molecule has 0 unspecified atom stereocenters. The molecule has 0 saturated carbocycles. The number of ether oxygens (including phenoxy) is 4. The highest BCUT2D eigenvalue weighted by Crippen LogP contribution is 2.51. The lowest BCUT2D eigenvalue weighted by Crippen LogP contribution is -2.21. The van der Waals surface area contributed by atoms with E-state index in [1.54, 1.807) is 0 Å². The van der Waals surface area contributed by atoms with Gasteiger partial charge >= 0.3 is 23.9 Å². The van der Waals surface area contributed by atoms with Crippen LogP contribution in [0.3, 0.4) is 0 Å². The topological polar surface area (TPSA) is 105 Å². The van der Waals surface area contributed by atoms with Crippen LogP contribution in [0.15, 0.2) is 45.3 Å². The third kappa shape index (κ3) is 7.06. The molecule has 0 fully saturated rings. The molecular formula is C40H42Br2O8. The Hall–Kier alpha value is -3.76. The predicted octanol–water partition coefficient (Wildman–Crippen LogP) is 11.1. The Morgan fingerprint density at radius 3 is 1.14 bits per heavy atom. The zero-order valence-corrected chi connectivity index (χ0v) is 32.1. The molecule has 0 aliphatic carbocycles. The third-order valence-corrected chi connectivity index (χ3v) is 10.4. The van der Waals surface area contributed by atoms with E-state index in [0.717, 1.165) is 47.2 Å². The van der Waals surface area contributed by atoms with Crippen LogP contribution in [0.4, 0.5) is 0 Å². The lowest BCUT2D eigenvalue weighted by Gasteiger charge is -2.24. The molecule has 0 heterocycles. The summed E-state index contributed by atoms with van der Waals surface area (Å²) >= 11 is 7.51. The summed E-state index contributed by atoms with van der Waals surface area (Å²) in [5.74, 6) is -3.13. The normalized spacial score (nSPS) is 11.5. The van der Waals surface area contributed by atoms with Gasteiger partial charge in [0.05, 0.1) is 48.7 Å². The van der Waals surface area contributed by atoms with Crippen LogP contribution >= 0.6 is 31.9 Å². The van der Waals surface area contributed by atoms with E-state index in [-0.39, 0.29) is 54.1 Å². The van der Waals surface area contributed by atoms with Gasteiger partial charge in [0.25, 0.3) is 0 Å². The van der Waals surface area contributed by atoms with Gasteiger partial charge in [0.15, 0.2) is 0 Å². The second kappa shape index (κ2) is 17.0. The largest absolute Gasteiger partial charge is 0.462 e. The van der Waals surface area contributed by atoms with Crippen molar-refractivity contribution in [2.45, 2.75) is 79.1 Å². The number of halogens is 2. The number of rotatable bonds is 16. The Labute approximate surface area is 308 Å². The van der Waals surface area contributed by atoms with Crippen LogP contribution in [-0.2, 0) is 18.9 Å². The van der Waals surface area contributed by atoms with Gasteiger partial charge in [-0.2, -0.15) is 0 Å². The first-order valence-electron chi connectivity index (χ1n) is 17.5. The molecule has 0 aromatic heterocycles. The van der Waals surface area contributed by atoms with Crippen LogP contribution < -0.4 is 0 Å². The Bertz CT molecular complexity index is 1930. The second-order valence-corrected chi connectivity index (χ2v) is 13.9.